The van der Waals surface area contributed by atoms with Crippen LogP contribution in [0.15, 0.2) is 12.4 Å². The molecule has 0 aliphatic carbocycles. The second kappa shape index (κ2) is 5.50. The molecule has 2 amide bonds. The number of carbonyl (C=O) groups excluding carboxylic acids is 2. The van der Waals surface area contributed by atoms with Gasteiger partial charge in [-0.3, -0.25) is 14.3 Å². The van der Waals surface area contributed by atoms with Gasteiger partial charge in [0.1, 0.15) is 0 Å². The number of hydrogen-bond donors (Lipinski definition) is 1. The Morgan fingerprint density at radius 3 is 2.90 bits per heavy atom. The number of carbonyl (C=O) groups is 2. The molecule has 1 N–H and O–H groups in total. The summed E-state index contributed by atoms with van der Waals surface area (Å²) in [6.07, 6.45) is 6.30. The molecule has 6 nitrogen and oxygen atoms in total. The molecule has 1 aromatic rings. The van der Waals surface area contributed by atoms with Crippen molar-refractivity contribution in [3.05, 3.63) is 18.0 Å². The Morgan fingerprint density at radius 1 is 1.38 bits per heavy atom. The third-order valence-electron chi connectivity index (χ3n) is 4.37. The summed E-state index contributed by atoms with van der Waals surface area (Å²) in [7, 11) is 0. The van der Waals surface area contributed by atoms with Crippen LogP contribution in [0.5, 0.6) is 0 Å². The average molecular weight is 290 g/mol. The second-order valence-corrected chi connectivity index (χ2v) is 6.35. The first-order chi connectivity index (χ1) is 10.0. The maximum absolute atomic E-state index is 12.7. The van der Waals surface area contributed by atoms with Crippen LogP contribution in [-0.4, -0.2) is 45.6 Å². The van der Waals surface area contributed by atoms with E-state index in [4.69, 9.17) is 0 Å². The molecule has 2 saturated heterocycles. The van der Waals surface area contributed by atoms with E-state index in [1.165, 1.54) is 0 Å². The van der Waals surface area contributed by atoms with Gasteiger partial charge in [0.25, 0.3) is 5.91 Å². The van der Waals surface area contributed by atoms with E-state index < -0.39 is 0 Å². The fourth-order valence-electron chi connectivity index (χ4n) is 3.13. The molecule has 1 aromatic heterocycles. The highest BCUT2D eigenvalue weighted by Gasteiger charge is 2.34. The molecule has 6 heteroatoms. The van der Waals surface area contributed by atoms with Crippen molar-refractivity contribution in [1.29, 1.82) is 0 Å². The highest BCUT2D eigenvalue weighted by molar-refractivity contribution is 5.94. The molecule has 0 aromatic carbocycles. The topological polar surface area (TPSA) is 67.2 Å². The van der Waals surface area contributed by atoms with Crippen LogP contribution < -0.4 is 5.32 Å². The van der Waals surface area contributed by atoms with Crippen molar-refractivity contribution < 1.29 is 9.59 Å². The van der Waals surface area contributed by atoms with E-state index in [9.17, 15) is 9.59 Å². The standard InChI is InChI=1S/C15H22N4O2/c1-10(2)19-8-12(6-16-19)15(21)18-7-11-4-3-5-13(9-18)17-14(11)20/h6,8,10-11,13H,3-5,7,9H2,1-2H3,(H,17,20)/t11-,13+/m1/s1. The monoisotopic (exact) mass is 290 g/mol. The van der Waals surface area contributed by atoms with Crippen molar-refractivity contribution in [2.24, 2.45) is 5.92 Å². The van der Waals surface area contributed by atoms with Gasteiger partial charge >= 0.3 is 0 Å². The molecule has 0 unspecified atom stereocenters. The fraction of sp³-hybridized carbons (Fsp3) is 0.667. The molecule has 2 bridgehead atoms. The maximum Gasteiger partial charge on any atom is 0.257 e. The summed E-state index contributed by atoms with van der Waals surface area (Å²) in [5.41, 5.74) is 0.608. The van der Waals surface area contributed by atoms with Gasteiger partial charge in [-0.1, -0.05) is 6.42 Å². The smallest absolute Gasteiger partial charge is 0.257 e. The molecular weight excluding hydrogens is 268 g/mol. The van der Waals surface area contributed by atoms with Gasteiger partial charge in [-0.2, -0.15) is 5.10 Å². The van der Waals surface area contributed by atoms with Gasteiger partial charge in [-0.05, 0) is 26.7 Å². The molecule has 2 aliphatic rings. The lowest BCUT2D eigenvalue weighted by Crippen LogP contribution is -2.41. The van der Waals surface area contributed by atoms with Crippen molar-refractivity contribution in [3.8, 4) is 0 Å². The van der Waals surface area contributed by atoms with E-state index in [0.29, 0.717) is 18.7 Å². The first-order valence-electron chi connectivity index (χ1n) is 7.68. The molecule has 2 fully saturated rings. The third kappa shape index (κ3) is 2.80. The molecular formula is C15H22N4O2. The van der Waals surface area contributed by atoms with Crippen LogP contribution in [0.3, 0.4) is 0 Å². The molecule has 3 heterocycles. The molecule has 0 radical (unpaired) electrons. The first-order valence-corrected chi connectivity index (χ1v) is 7.68. The molecule has 114 valence electrons. The van der Waals surface area contributed by atoms with Crippen LogP contribution in [0.4, 0.5) is 0 Å². The lowest BCUT2D eigenvalue weighted by atomic mass is 9.99. The first kappa shape index (κ1) is 14.1. The predicted molar refractivity (Wildman–Crippen MR) is 77.8 cm³/mol. The summed E-state index contributed by atoms with van der Waals surface area (Å²) in [5.74, 6) is 0.0163. The Bertz CT molecular complexity index is 552. The lowest BCUT2D eigenvalue weighted by molar-refractivity contribution is -0.124. The highest BCUT2D eigenvalue weighted by Crippen LogP contribution is 2.23. The van der Waals surface area contributed by atoms with E-state index in [2.05, 4.69) is 10.4 Å². The summed E-state index contributed by atoms with van der Waals surface area (Å²) in [4.78, 5) is 26.5. The van der Waals surface area contributed by atoms with E-state index in [0.717, 1.165) is 19.3 Å². The molecule has 0 saturated carbocycles. The normalized spacial score (nSPS) is 25.7. The van der Waals surface area contributed by atoms with Crippen LogP contribution >= 0.6 is 0 Å². The number of rotatable bonds is 2. The van der Waals surface area contributed by atoms with Crippen LogP contribution in [0.2, 0.25) is 0 Å². The zero-order valence-electron chi connectivity index (χ0n) is 12.6. The van der Waals surface area contributed by atoms with Gasteiger partial charge in [0.05, 0.1) is 17.7 Å². The minimum Gasteiger partial charge on any atom is -0.351 e. The Kier molecular flexibility index (Phi) is 3.69. The van der Waals surface area contributed by atoms with Crippen LogP contribution in [0, 0.1) is 5.92 Å². The van der Waals surface area contributed by atoms with Gasteiger partial charge in [-0.15, -0.1) is 0 Å². The molecule has 0 spiro atoms. The van der Waals surface area contributed by atoms with Gasteiger partial charge in [0, 0.05) is 31.4 Å². The average Bonchev–Trinajstić information content (AvgIpc) is 2.78. The van der Waals surface area contributed by atoms with Gasteiger partial charge < -0.3 is 10.2 Å². The summed E-state index contributed by atoms with van der Waals surface area (Å²) in [6, 6.07) is 0.326. The fourth-order valence-corrected chi connectivity index (χ4v) is 3.13. The number of fused-ring (bicyclic) bond motifs is 3. The highest BCUT2D eigenvalue weighted by atomic mass is 16.2. The third-order valence-corrected chi connectivity index (χ3v) is 4.37. The number of amides is 2. The summed E-state index contributed by atoms with van der Waals surface area (Å²) < 4.78 is 1.79. The number of likely N-dealkylation sites (tertiary alicyclic amines) is 1. The van der Waals surface area contributed by atoms with E-state index in [-0.39, 0.29) is 29.8 Å². The van der Waals surface area contributed by atoms with Crippen molar-refractivity contribution in [2.45, 2.75) is 45.2 Å². The quantitative estimate of drug-likeness (QED) is 0.890. The van der Waals surface area contributed by atoms with Gasteiger partial charge in [0.2, 0.25) is 5.91 Å². The van der Waals surface area contributed by atoms with Crippen LogP contribution in [0.25, 0.3) is 0 Å². The maximum atomic E-state index is 12.7. The van der Waals surface area contributed by atoms with E-state index >= 15 is 0 Å². The zero-order chi connectivity index (χ0) is 15.0. The SMILES string of the molecule is CC(C)n1cc(C(=O)N2C[C@@H]3CCC[C@H](C2)C(=O)N3)cn1. The number of aromatic nitrogens is 2. The molecule has 2 aliphatic heterocycles. The predicted octanol–water partition coefficient (Wildman–Crippen LogP) is 1.20. The van der Waals surface area contributed by atoms with Gasteiger partial charge in [-0.25, -0.2) is 0 Å². The molecule has 2 atom stereocenters. The molecule has 3 rings (SSSR count). The Hall–Kier alpha value is -1.85. The second-order valence-electron chi connectivity index (χ2n) is 6.35. The Morgan fingerprint density at radius 2 is 2.19 bits per heavy atom. The summed E-state index contributed by atoms with van der Waals surface area (Å²) in [6.45, 7) is 5.18. The number of hydrogen-bond acceptors (Lipinski definition) is 3. The Balaban J connectivity index is 1.79. The van der Waals surface area contributed by atoms with Crippen LogP contribution in [0.1, 0.15) is 49.5 Å². The van der Waals surface area contributed by atoms with E-state index in [1.807, 2.05) is 18.7 Å². The lowest BCUT2D eigenvalue weighted by Gasteiger charge is -2.27. The number of nitrogens with zero attached hydrogens (tertiary/aromatic N) is 3. The van der Waals surface area contributed by atoms with Crippen molar-refractivity contribution in [1.82, 2.24) is 20.0 Å². The van der Waals surface area contributed by atoms with Gasteiger partial charge in [0.15, 0.2) is 0 Å². The zero-order valence-corrected chi connectivity index (χ0v) is 12.6. The minimum atomic E-state index is -0.0680. The summed E-state index contributed by atoms with van der Waals surface area (Å²) in [5, 5.41) is 7.28. The minimum absolute atomic E-state index is 0.0182. The van der Waals surface area contributed by atoms with E-state index in [1.54, 1.807) is 17.1 Å². The van der Waals surface area contributed by atoms with Crippen molar-refractivity contribution in [2.75, 3.05) is 13.1 Å². The Labute approximate surface area is 124 Å². The van der Waals surface area contributed by atoms with Crippen molar-refractivity contribution >= 4 is 11.8 Å². The van der Waals surface area contributed by atoms with Crippen LogP contribution in [-0.2, 0) is 4.79 Å². The number of nitrogens with one attached hydrogen (secondary N) is 1. The largest absolute Gasteiger partial charge is 0.351 e. The summed E-state index contributed by atoms with van der Waals surface area (Å²) >= 11 is 0. The molecule has 21 heavy (non-hydrogen) atoms. The van der Waals surface area contributed by atoms with Crippen molar-refractivity contribution in [3.63, 3.8) is 0 Å².